The van der Waals surface area contributed by atoms with Crippen LogP contribution >= 0.6 is 0 Å². The highest BCUT2D eigenvalue weighted by molar-refractivity contribution is 5.95. The van der Waals surface area contributed by atoms with Crippen molar-refractivity contribution in [2.45, 2.75) is 20.8 Å². The molecular weight excluding hydrogens is 268 g/mol. The Kier molecular flexibility index (Phi) is 4.62. The van der Waals surface area contributed by atoms with Crippen LogP contribution in [0.3, 0.4) is 0 Å². The monoisotopic (exact) mass is 288 g/mol. The highest BCUT2D eigenvalue weighted by Gasteiger charge is 2.31. The van der Waals surface area contributed by atoms with Gasteiger partial charge in [0.1, 0.15) is 0 Å². The molecule has 21 heavy (non-hydrogen) atoms. The van der Waals surface area contributed by atoms with Gasteiger partial charge in [0.05, 0.1) is 19.7 Å². The van der Waals surface area contributed by atoms with Crippen molar-refractivity contribution in [3.05, 3.63) is 47.0 Å². The van der Waals surface area contributed by atoms with Gasteiger partial charge in [0.2, 0.25) is 0 Å². The fourth-order valence-electron chi connectivity index (χ4n) is 2.16. The normalized spacial score (nSPS) is 15.2. The maximum Gasteiger partial charge on any atom is 0.429 e. The molecule has 1 aliphatic rings. The van der Waals surface area contributed by atoms with E-state index in [-0.39, 0.29) is 12.5 Å². The Balaban J connectivity index is 2.29. The van der Waals surface area contributed by atoms with Crippen LogP contribution in [0.4, 0.5) is 4.79 Å². The van der Waals surface area contributed by atoms with Gasteiger partial charge >= 0.3 is 6.09 Å². The molecule has 0 aromatic heterocycles. The lowest BCUT2D eigenvalue weighted by atomic mass is 10.1. The zero-order chi connectivity index (χ0) is 15.4. The molecule has 0 spiro atoms. The minimum absolute atomic E-state index is 0.199. The first-order valence-corrected chi connectivity index (χ1v) is 7.01. The summed E-state index contributed by atoms with van der Waals surface area (Å²) in [6, 6.07) is 8.95. The van der Waals surface area contributed by atoms with Gasteiger partial charge in [0, 0.05) is 5.56 Å². The summed E-state index contributed by atoms with van der Waals surface area (Å²) in [5.74, 6) is -0.199. The molecule has 0 N–H and O–H groups in total. The number of rotatable bonds is 2. The molecule has 1 aromatic rings. The van der Waals surface area contributed by atoms with Gasteiger partial charge in [-0.2, -0.15) is 0 Å². The number of carbonyl (C=O) groups excluding carboxylic acids is 2. The Morgan fingerprint density at radius 1 is 1.05 bits per heavy atom. The Morgan fingerprint density at radius 3 is 2.19 bits per heavy atom. The van der Waals surface area contributed by atoms with Crippen molar-refractivity contribution in [2.24, 2.45) is 0 Å². The molecule has 1 aliphatic heterocycles. The summed E-state index contributed by atoms with van der Waals surface area (Å²) in [5.41, 5.74) is 2.74. The summed E-state index contributed by atoms with van der Waals surface area (Å²) >= 11 is 0. The van der Waals surface area contributed by atoms with Gasteiger partial charge in [-0.1, -0.05) is 29.3 Å². The van der Waals surface area contributed by atoms with Crippen LogP contribution in [0.1, 0.15) is 31.1 Å². The average molecular weight is 288 g/mol. The molecule has 0 unspecified atom stereocenters. The van der Waals surface area contributed by atoms with Crippen molar-refractivity contribution in [2.75, 3.05) is 19.7 Å². The van der Waals surface area contributed by atoms with Gasteiger partial charge in [0.25, 0.3) is 5.91 Å². The van der Waals surface area contributed by atoms with E-state index in [2.05, 4.69) is 0 Å². The third kappa shape index (κ3) is 3.24. The highest BCUT2D eigenvalue weighted by Crippen LogP contribution is 2.20. The fraction of sp³-hybridized carbons (Fsp3) is 0.375. The maximum absolute atomic E-state index is 12.6. The second-order valence-corrected chi connectivity index (χ2v) is 5.05. The minimum Gasteiger partial charge on any atom is -0.448 e. The Hall–Kier alpha value is -2.30. The Morgan fingerprint density at radius 2 is 1.62 bits per heavy atom. The molecule has 5 heteroatoms. The largest absolute Gasteiger partial charge is 0.448 e. The smallest absolute Gasteiger partial charge is 0.429 e. The number of hydrogen-bond donors (Lipinski definition) is 0. The molecule has 0 bridgehead atoms. The van der Waals surface area contributed by atoms with Crippen LogP contribution in [0.25, 0.3) is 0 Å². The molecule has 0 radical (unpaired) electrons. The van der Waals surface area contributed by atoms with Gasteiger partial charge in [-0.05, 0) is 32.9 Å². The van der Waals surface area contributed by atoms with E-state index in [9.17, 15) is 9.59 Å². The number of hydrogen-bond acceptors (Lipinski definition) is 3. The van der Waals surface area contributed by atoms with E-state index in [1.165, 1.54) is 10.0 Å². The molecular formula is C16H20N2O3. The molecule has 0 fully saturated rings. The number of benzene rings is 1. The Bertz CT molecular complexity index is 566. The molecule has 0 aliphatic carbocycles. The number of amides is 2. The zero-order valence-corrected chi connectivity index (χ0v) is 12.6. The van der Waals surface area contributed by atoms with Gasteiger partial charge in [-0.3, -0.25) is 4.79 Å². The van der Waals surface area contributed by atoms with Crippen LogP contribution in [0.15, 0.2) is 41.5 Å². The molecule has 112 valence electrons. The first kappa shape index (κ1) is 15.1. The van der Waals surface area contributed by atoms with Crippen molar-refractivity contribution >= 4 is 12.0 Å². The van der Waals surface area contributed by atoms with E-state index in [1.54, 1.807) is 31.2 Å². The van der Waals surface area contributed by atoms with Crippen molar-refractivity contribution in [1.82, 2.24) is 10.0 Å². The third-order valence-corrected chi connectivity index (χ3v) is 3.53. The standard InChI is InChI=1S/C16H20N2O3/c1-4-21-16(20)18-11-13(3)12(2)10-17(18)15(19)14-8-6-5-7-9-14/h5-9H,4,10-11H2,1-3H3. The molecule has 0 atom stereocenters. The zero-order valence-electron chi connectivity index (χ0n) is 12.6. The first-order valence-electron chi connectivity index (χ1n) is 7.01. The molecule has 1 aromatic carbocycles. The second-order valence-electron chi connectivity index (χ2n) is 5.05. The van der Waals surface area contributed by atoms with E-state index < -0.39 is 6.09 Å². The topological polar surface area (TPSA) is 49.9 Å². The first-order chi connectivity index (χ1) is 10.0. The van der Waals surface area contributed by atoms with Crippen molar-refractivity contribution < 1.29 is 14.3 Å². The molecule has 2 amide bonds. The molecule has 5 nitrogen and oxygen atoms in total. The number of nitrogens with zero attached hydrogens (tertiary/aromatic N) is 2. The summed E-state index contributed by atoms with van der Waals surface area (Å²) in [6.45, 7) is 6.75. The quantitative estimate of drug-likeness (QED) is 0.786. The van der Waals surface area contributed by atoms with Crippen molar-refractivity contribution in [3.8, 4) is 0 Å². The van der Waals surface area contributed by atoms with E-state index in [4.69, 9.17) is 4.74 Å². The Labute approximate surface area is 124 Å². The summed E-state index contributed by atoms with van der Waals surface area (Å²) < 4.78 is 5.05. The third-order valence-electron chi connectivity index (χ3n) is 3.53. The second kappa shape index (κ2) is 6.43. The number of hydrazine groups is 1. The predicted molar refractivity (Wildman–Crippen MR) is 79.6 cm³/mol. The summed E-state index contributed by atoms with van der Waals surface area (Å²) in [4.78, 5) is 24.7. The van der Waals surface area contributed by atoms with E-state index in [1.807, 2.05) is 19.9 Å². The average Bonchev–Trinajstić information content (AvgIpc) is 2.50. The number of ether oxygens (including phenoxy) is 1. The summed E-state index contributed by atoms with van der Waals surface area (Å²) in [7, 11) is 0. The van der Waals surface area contributed by atoms with Crippen LogP contribution < -0.4 is 0 Å². The van der Waals surface area contributed by atoms with Gasteiger partial charge in [-0.15, -0.1) is 0 Å². The van der Waals surface area contributed by atoms with Crippen LogP contribution in [0.5, 0.6) is 0 Å². The van der Waals surface area contributed by atoms with Crippen molar-refractivity contribution in [1.29, 1.82) is 0 Å². The summed E-state index contributed by atoms with van der Waals surface area (Å²) in [5, 5.41) is 2.83. The van der Waals surface area contributed by atoms with Gasteiger partial charge in [-0.25, -0.2) is 14.8 Å². The summed E-state index contributed by atoms with van der Waals surface area (Å²) in [6.07, 6.45) is -0.492. The van der Waals surface area contributed by atoms with Crippen molar-refractivity contribution in [3.63, 3.8) is 0 Å². The lowest BCUT2D eigenvalue weighted by molar-refractivity contribution is -0.00716. The minimum atomic E-state index is -0.492. The van der Waals surface area contributed by atoms with E-state index in [0.29, 0.717) is 18.7 Å². The van der Waals surface area contributed by atoms with E-state index in [0.717, 1.165) is 11.1 Å². The lowest BCUT2D eigenvalue weighted by Crippen LogP contribution is -2.53. The van der Waals surface area contributed by atoms with E-state index >= 15 is 0 Å². The van der Waals surface area contributed by atoms with Crippen LogP contribution in [-0.2, 0) is 4.74 Å². The highest BCUT2D eigenvalue weighted by atomic mass is 16.6. The maximum atomic E-state index is 12.6. The predicted octanol–water partition coefficient (Wildman–Crippen LogP) is 2.85. The molecule has 1 heterocycles. The number of carbonyl (C=O) groups is 2. The van der Waals surface area contributed by atoms with Crippen LogP contribution in [-0.4, -0.2) is 41.7 Å². The molecule has 0 saturated heterocycles. The van der Waals surface area contributed by atoms with Crippen LogP contribution in [0.2, 0.25) is 0 Å². The molecule has 2 rings (SSSR count). The van der Waals surface area contributed by atoms with Gasteiger partial charge in [0.15, 0.2) is 0 Å². The lowest BCUT2D eigenvalue weighted by Gasteiger charge is -2.38. The van der Waals surface area contributed by atoms with Gasteiger partial charge < -0.3 is 4.74 Å². The van der Waals surface area contributed by atoms with Crippen LogP contribution in [0, 0.1) is 0 Å². The molecule has 0 saturated carbocycles. The SMILES string of the molecule is CCOC(=O)N1CC(C)=C(C)CN1C(=O)c1ccccc1. The fourth-order valence-corrected chi connectivity index (χ4v) is 2.16.